The van der Waals surface area contributed by atoms with Crippen LogP contribution in [0.25, 0.3) is 10.2 Å². The van der Waals surface area contributed by atoms with Gasteiger partial charge in [-0.05, 0) is 56.9 Å². The number of methoxy groups -OCH3 is 1. The van der Waals surface area contributed by atoms with Crippen molar-refractivity contribution < 1.29 is 9.53 Å². The van der Waals surface area contributed by atoms with Gasteiger partial charge in [0.2, 0.25) is 0 Å². The van der Waals surface area contributed by atoms with Crippen molar-refractivity contribution in [3.8, 4) is 0 Å². The number of nitrogens with zero attached hydrogens (tertiary/aromatic N) is 3. The van der Waals surface area contributed by atoms with Gasteiger partial charge >= 0.3 is 0 Å². The van der Waals surface area contributed by atoms with Gasteiger partial charge in [0.1, 0.15) is 15.5 Å². The molecule has 174 valence electrons. The van der Waals surface area contributed by atoms with E-state index in [1.165, 1.54) is 16.9 Å². The van der Waals surface area contributed by atoms with E-state index >= 15 is 0 Å². The van der Waals surface area contributed by atoms with Gasteiger partial charge < -0.3 is 26.4 Å². The number of thiophene rings is 1. The number of anilines is 2. The Kier molecular flexibility index (Phi) is 5.50. The number of carbonyl (C=O) groups is 1. The van der Waals surface area contributed by atoms with Crippen molar-refractivity contribution in [2.24, 2.45) is 5.73 Å². The zero-order chi connectivity index (χ0) is 23.3. The number of aromatic nitrogens is 2. The van der Waals surface area contributed by atoms with Gasteiger partial charge in [-0.2, -0.15) is 0 Å². The van der Waals surface area contributed by atoms with E-state index in [2.05, 4.69) is 27.3 Å². The molecule has 5 N–H and O–H groups in total. The fourth-order valence-electron chi connectivity index (χ4n) is 4.79. The van der Waals surface area contributed by atoms with Crippen LogP contribution < -0.4 is 21.7 Å². The number of fused-ring (bicyclic) bond motifs is 2. The molecule has 3 aromatic rings. The van der Waals surface area contributed by atoms with Crippen molar-refractivity contribution in [2.75, 3.05) is 30.8 Å². The Bertz CT molecular complexity index is 1230. The molecule has 0 unspecified atom stereocenters. The molecular formula is C24H30N6O2S. The Hall–Kier alpha value is -2.75. The quantitative estimate of drug-likeness (QED) is 0.540. The number of nitrogens with two attached hydrogens (primary N) is 2. The summed E-state index contributed by atoms with van der Waals surface area (Å²) in [5, 5.41) is 4.02. The Morgan fingerprint density at radius 3 is 2.88 bits per heavy atom. The molecule has 0 saturated carbocycles. The second-order valence-electron chi connectivity index (χ2n) is 9.34. The highest BCUT2D eigenvalue weighted by molar-refractivity contribution is 7.21. The maximum Gasteiger partial charge on any atom is 0.263 e. The molecule has 0 radical (unpaired) electrons. The van der Waals surface area contributed by atoms with Gasteiger partial charge in [-0.15, -0.1) is 11.3 Å². The van der Waals surface area contributed by atoms with Crippen molar-refractivity contribution in [3.05, 3.63) is 46.1 Å². The summed E-state index contributed by atoms with van der Waals surface area (Å²) in [6.45, 7) is 5.42. The number of hydrogen-bond donors (Lipinski definition) is 3. The number of carbonyl (C=O) groups excluding carboxylic acids is 1. The summed E-state index contributed by atoms with van der Waals surface area (Å²) in [5.41, 5.74) is 15.9. The topological polar surface area (TPSA) is 119 Å². The summed E-state index contributed by atoms with van der Waals surface area (Å²) >= 11 is 1.35. The molecule has 1 amide bonds. The van der Waals surface area contributed by atoms with E-state index in [0.29, 0.717) is 10.6 Å². The monoisotopic (exact) mass is 466 g/mol. The molecule has 4 heterocycles. The van der Waals surface area contributed by atoms with Crippen LogP contribution in [-0.2, 0) is 17.6 Å². The maximum absolute atomic E-state index is 13.0. The second-order valence-corrected chi connectivity index (χ2v) is 10.3. The third-order valence-electron chi connectivity index (χ3n) is 7.02. The summed E-state index contributed by atoms with van der Waals surface area (Å²) in [5.74, 6) is 0.810. The zero-order valence-corrected chi connectivity index (χ0v) is 20.0. The predicted octanol–water partition coefficient (Wildman–Crippen LogP) is 2.42. The molecule has 0 spiro atoms. The van der Waals surface area contributed by atoms with E-state index in [4.69, 9.17) is 21.2 Å². The number of pyridine rings is 2. The van der Waals surface area contributed by atoms with Gasteiger partial charge in [-0.1, -0.05) is 6.07 Å². The van der Waals surface area contributed by atoms with Crippen LogP contribution in [0.2, 0.25) is 0 Å². The second kappa shape index (κ2) is 8.23. The normalized spacial score (nSPS) is 24.8. The Morgan fingerprint density at radius 1 is 1.30 bits per heavy atom. The molecule has 33 heavy (non-hydrogen) atoms. The van der Waals surface area contributed by atoms with E-state index in [1.807, 2.05) is 26.0 Å². The largest absolute Gasteiger partial charge is 0.397 e. The lowest BCUT2D eigenvalue weighted by Gasteiger charge is -2.27. The van der Waals surface area contributed by atoms with Gasteiger partial charge in [0.25, 0.3) is 5.91 Å². The molecule has 9 heteroatoms. The molecule has 5 rings (SSSR count). The lowest BCUT2D eigenvalue weighted by Crippen LogP contribution is -2.45. The summed E-state index contributed by atoms with van der Waals surface area (Å²) in [6, 6.07) is 8.02. The fourth-order valence-corrected chi connectivity index (χ4v) is 5.83. The first-order valence-electron chi connectivity index (χ1n) is 11.3. The summed E-state index contributed by atoms with van der Waals surface area (Å²) in [7, 11) is 1.71. The average molecular weight is 467 g/mol. The first-order valence-corrected chi connectivity index (χ1v) is 12.1. The van der Waals surface area contributed by atoms with Gasteiger partial charge in [0, 0.05) is 43.0 Å². The molecule has 1 aliphatic carbocycles. The average Bonchev–Trinajstić information content (AvgIpc) is 3.29. The molecule has 8 nitrogen and oxygen atoms in total. The number of nitrogen functional groups attached to an aromatic ring is 1. The first kappa shape index (κ1) is 22.1. The number of nitrogens with one attached hydrogen (secondary N) is 1. The summed E-state index contributed by atoms with van der Waals surface area (Å²) < 4.78 is 5.65. The molecule has 1 saturated heterocycles. The van der Waals surface area contributed by atoms with Crippen LogP contribution in [0.5, 0.6) is 0 Å². The van der Waals surface area contributed by atoms with Gasteiger partial charge in [-0.3, -0.25) is 4.79 Å². The molecule has 0 aromatic carbocycles. The van der Waals surface area contributed by atoms with E-state index in [1.54, 1.807) is 7.11 Å². The Labute approximate surface area is 197 Å². The van der Waals surface area contributed by atoms with Crippen LogP contribution in [-0.4, -0.2) is 53.8 Å². The van der Waals surface area contributed by atoms with Gasteiger partial charge in [0.15, 0.2) is 0 Å². The third kappa shape index (κ3) is 3.94. The summed E-state index contributed by atoms with van der Waals surface area (Å²) in [6.07, 6.45) is 2.41. The lowest BCUT2D eigenvalue weighted by molar-refractivity contribution is 0.0129. The Morgan fingerprint density at radius 2 is 2.12 bits per heavy atom. The van der Waals surface area contributed by atoms with E-state index in [-0.39, 0.29) is 23.6 Å². The minimum absolute atomic E-state index is 0.0500. The van der Waals surface area contributed by atoms with Crippen LogP contribution in [0.1, 0.15) is 40.0 Å². The molecule has 0 bridgehead atoms. The van der Waals surface area contributed by atoms with Crippen molar-refractivity contribution in [2.45, 2.75) is 50.8 Å². The number of amides is 1. The predicted molar refractivity (Wildman–Crippen MR) is 132 cm³/mol. The van der Waals surface area contributed by atoms with Crippen LogP contribution in [0, 0.1) is 6.92 Å². The summed E-state index contributed by atoms with van der Waals surface area (Å²) in [4.78, 5) is 26.0. The molecule has 3 aromatic heterocycles. The van der Waals surface area contributed by atoms with E-state index < -0.39 is 0 Å². The molecule has 3 atom stereocenters. The van der Waals surface area contributed by atoms with E-state index in [0.717, 1.165) is 59.8 Å². The van der Waals surface area contributed by atoms with Crippen LogP contribution in [0.15, 0.2) is 24.3 Å². The highest BCUT2D eigenvalue weighted by atomic mass is 32.1. The van der Waals surface area contributed by atoms with E-state index in [9.17, 15) is 4.79 Å². The van der Waals surface area contributed by atoms with Crippen molar-refractivity contribution >= 4 is 39.0 Å². The SMILES string of the molecule is CO[C@@]1(C)CN(c2ccc3c(n2)CC[C@H](NC(=O)c2sc4nc(C)ccc4c2N)C3)C[C@@H]1N. The lowest BCUT2D eigenvalue weighted by atomic mass is 9.91. The van der Waals surface area contributed by atoms with Crippen molar-refractivity contribution in [3.63, 3.8) is 0 Å². The van der Waals surface area contributed by atoms with Gasteiger partial charge in [0.05, 0.1) is 17.3 Å². The number of hydrogen-bond acceptors (Lipinski definition) is 8. The third-order valence-corrected chi connectivity index (χ3v) is 8.13. The highest BCUT2D eigenvalue weighted by Crippen LogP contribution is 2.33. The minimum Gasteiger partial charge on any atom is -0.397 e. The van der Waals surface area contributed by atoms with Crippen molar-refractivity contribution in [1.29, 1.82) is 0 Å². The maximum atomic E-state index is 13.0. The first-order chi connectivity index (χ1) is 15.8. The molecule has 2 aliphatic rings. The van der Waals surface area contributed by atoms with Gasteiger partial charge in [-0.25, -0.2) is 9.97 Å². The highest BCUT2D eigenvalue weighted by Gasteiger charge is 2.41. The number of aryl methyl sites for hydroxylation is 2. The fraction of sp³-hybridized carbons (Fsp3) is 0.458. The molecule has 1 aliphatic heterocycles. The standard InChI is InChI=1S/C24H30N6O2S/c1-13-4-7-16-20(26)21(33-23(16)27-13)22(31)28-15-6-8-17-14(10-15)5-9-19(29-17)30-11-18(25)24(2,12-30)32-3/h4-5,7,9,15,18H,6,8,10-12,25-26H2,1-3H3,(H,28,31)/t15-,18-,24-/m0/s1. The minimum atomic E-state index is -0.365. The molecule has 1 fully saturated rings. The van der Waals surface area contributed by atoms with Crippen LogP contribution >= 0.6 is 11.3 Å². The number of ether oxygens (including phenoxy) is 1. The van der Waals surface area contributed by atoms with Crippen LogP contribution in [0.3, 0.4) is 0 Å². The van der Waals surface area contributed by atoms with Crippen LogP contribution in [0.4, 0.5) is 11.5 Å². The smallest absolute Gasteiger partial charge is 0.263 e. The Balaban J connectivity index is 1.28. The number of rotatable bonds is 4. The molecular weight excluding hydrogens is 436 g/mol. The van der Waals surface area contributed by atoms with Crippen molar-refractivity contribution in [1.82, 2.24) is 15.3 Å². The zero-order valence-electron chi connectivity index (χ0n) is 19.2.